The van der Waals surface area contributed by atoms with E-state index in [4.69, 9.17) is 4.74 Å². The van der Waals surface area contributed by atoms with Gasteiger partial charge in [-0.3, -0.25) is 0 Å². The third-order valence-electron chi connectivity index (χ3n) is 3.51. The zero-order valence-electron chi connectivity index (χ0n) is 11.3. The highest BCUT2D eigenvalue weighted by atomic mass is 16.5. The highest BCUT2D eigenvalue weighted by molar-refractivity contribution is 5.88. The maximum absolute atomic E-state index is 11.4. The van der Waals surface area contributed by atoms with Gasteiger partial charge in [0, 0.05) is 18.2 Å². The molecule has 1 saturated carbocycles. The van der Waals surface area contributed by atoms with Crippen LogP contribution in [0, 0.1) is 5.41 Å². The van der Waals surface area contributed by atoms with Crippen molar-refractivity contribution in [3.63, 3.8) is 0 Å². The van der Waals surface area contributed by atoms with E-state index in [9.17, 15) is 4.79 Å². The Morgan fingerprint density at radius 3 is 2.53 bits per heavy atom. The zero-order chi connectivity index (χ0) is 12.9. The molecule has 0 spiro atoms. The van der Waals surface area contributed by atoms with Crippen LogP contribution in [0.2, 0.25) is 0 Å². The second-order valence-electron chi connectivity index (χ2n) is 5.64. The van der Waals surface area contributed by atoms with Crippen LogP contribution in [0.3, 0.4) is 0 Å². The second kappa shape index (κ2) is 6.20. The first-order chi connectivity index (χ1) is 7.94. The van der Waals surface area contributed by atoms with Crippen LogP contribution in [0.1, 0.15) is 46.5 Å². The topological polar surface area (TPSA) is 38.3 Å². The van der Waals surface area contributed by atoms with Gasteiger partial charge in [-0.15, -0.1) is 0 Å². The van der Waals surface area contributed by atoms with E-state index in [0.29, 0.717) is 30.2 Å². The van der Waals surface area contributed by atoms with Crippen molar-refractivity contribution in [2.75, 3.05) is 13.2 Å². The number of esters is 1. The van der Waals surface area contributed by atoms with Gasteiger partial charge in [0.05, 0.1) is 6.61 Å². The molecule has 0 atom stereocenters. The number of rotatable bonds is 5. The maximum Gasteiger partial charge on any atom is 0.334 e. The molecule has 0 unspecified atom stereocenters. The summed E-state index contributed by atoms with van der Waals surface area (Å²) in [6, 6.07) is 0.522. The van der Waals surface area contributed by atoms with Crippen LogP contribution in [0.5, 0.6) is 0 Å². The Morgan fingerprint density at radius 2 is 2.00 bits per heavy atom. The molecule has 17 heavy (non-hydrogen) atoms. The lowest BCUT2D eigenvalue weighted by atomic mass is 9.75. The fourth-order valence-corrected chi connectivity index (χ4v) is 2.18. The van der Waals surface area contributed by atoms with Crippen molar-refractivity contribution < 1.29 is 9.53 Å². The number of carbonyl (C=O) groups excluding carboxylic acids is 1. The minimum absolute atomic E-state index is 0.281. The molecule has 0 aliphatic heterocycles. The largest absolute Gasteiger partial charge is 0.463 e. The van der Waals surface area contributed by atoms with Gasteiger partial charge in [0.1, 0.15) is 0 Å². The Morgan fingerprint density at radius 1 is 1.41 bits per heavy atom. The van der Waals surface area contributed by atoms with E-state index in [1.54, 1.807) is 0 Å². The van der Waals surface area contributed by atoms with Crippen LogP contribution in [-0.4, -0.2) is 25.2 Å². The predicted octanol–water partition coefficient (Wildman–Crippen LogP) is 2.66. The Hall–Kier alpha value is -0.830. The van der Waals surface area contributed by atoms with Crippen molar-refractivity contribution in [1.29, 1.82) is 0 Å². The molecule has 0 radical (unpaired) electrons. The summed E-state index contributed by atoms with van der Waals surface area (Å²) in [5.74, 6) is -0.281. The SMILES string of the molecule is C=C(CNC1CCC(C)(C)CC1)C(=O)OCC. The maximum atomic E-state index is 11.4. The van der Waals surface area contributed by atoms with Crippen molar-refractivity contribution in [3.05, 3.63) is 12.2 Å². The van der Waals surface area contributed by atoms with Gasteiger partial charge in [-0.05, 0) is 38.0 Å². The monoisotopic (exact) mass is 239 g/mol. The molecule has 1 aliphatic rings. The molecule has 0 amide bonds. The molecule has 98 valence electrons. The third-order valence-corrected chi connectivity index (χ3v) is 3.51. The summed E-state index contributed by atoms with van der Waals surface area (Å²) in [5.41, 5.74) is 1.01. The molecule has 0 bridgehead atoms. The first-order valence-electron chi connectivity index (χ1n) is 6.53. The predicted molar refractivity (Wildman–Crippen MR) is 69.8 cm³/mol. The van der Waals surface area contributed by atoms with E-state index < -0.39 is 0 Å². The molecule has 0 heterocycles. The quantitative estimate of drug-likeness (QED) is 0.592. The number of ether oxygens (including phenoxy) is 1. The molecule has 3 heteroatoms. The fourth-order valence-electron chi connectivity index (χ4n) is 2.18. The molecule has 0 aromatic carbocycles. The molecule has 1 fully saturated rings. The highest BCUT2D eigenvalue weighted by Gasteiger charge is 2.26. The molecule has 0 aromatic heterocycles. The molecular weight excluding hydrogens is 214 g/mol. The van der Waals surface area contributed by atoms with E-state index in [-0.39, 0.29) is 5.97 Å². The number of nitrogens with one attached hydrogen (secondary N) is 1. The minimum atomic E-state index is -0.281. The van der Waals surface area contributed by atoms with Crippen LogP contribution in [-0.2, 0) is 9.53 Å². The average Bonchev–Trinajstić information content (AvgIpc) is 2.27. The van der Waals surface area contributed by atoms with Crippen LogP contribution < -0.4 is 5.32 Å². The van der Waals surface area contributed by atoms with Gasteiger partial charge in [-0.1, -0.05) is 20.4 Å². The lowest BCUT2D eigenvalue weighted by Gasteiger charge is -2.34. The van der Waals surface area contributed by atoms with Crippen LogP contribution >= 0.6 is 0 Å². The van der Waals surface area contributed by atoms with E-state index in [0.717, 1.165) is 0 Å². The molecule has 0 aromatic rings. The van der Waals surface area contributed by atoms with Gasteiger partial charge in [0.2, 0.25) is 0 Å². The van der Waals surface area contributed by atoms with E-state index in [1.165, 1.54) is 25.7 Å². The van der Waals surface area contributed by atoms with Crippen molar-refractivity contribution in [2.45, 2.75) is 52.5 Å². The van der Waals surface area contributed by atoms with Crippen LogP contribution in [0.15, 0.2) is 12.2 Å². The van der Waals surface area contributed by atoms with Crippen molar-refractivity contribution >= 4 is 5.97 Å². The van der Waals surface area contributed by atoms with E-state index >= 15 is 0 Å². The Labute approximate surface area is 105 Å². The van der Waals surface area contributed by atoms with E-state index in [2.05, 4.69) is 25.7 Å². The van der Waals surface area contributed by atoms with Crippen molar-refractivity contribution in [3.8, 4) is 0 Å². The number of hydrogen-bond acceptors (Lipinski definition) is 3. The lowest BCUT2D eigenvalue weighted by molar-refractivity contribution is -0.138. The van der Waals surface area contributed by atoms with Crippen LogP contribution in [0.4, 0.5) is 0 Å². The highest BCUT2D eigenvalue weighted by Crippen LogP contribution is 2.34. The molecular formula is C14H25NO2. The summed E-state index contributed by atoms with van der Waals surface area (Å²) in [5, 5.41) is 3.40. The lowest BCUT2D eigenvalue weighted by Crippen LogP contribution is -2.37. The standard InChI is InChI=1S/C14H25NO2/c1-5-17-13(16)11(2)10-15-12-6-8-14(3,4)9-7-12/h12,15H,2,5-10H2,1,3-4H3. The third kappa shape index (κ3) is 4.90. The Balaban J connectivity index is 2.23. The first kappa shape index (κ1) is 14.2. The molecule has 1 N–H and O–H groups in total. The number of carbonyl (C=O) groups is 1. The van der Waals surface area contributed by atoms with Gasteiger partial charge in [-0.25, -0.2) is 4.79 Å². The molecule has 1 rings (SSSR count). The summed E-state index contributed by atoms with van der Waals surface area (Å²) in [6.45, 7) is 11.2. The summed E-state index contributed by atoms with van der Waals surface area (Å²) >= 11 is 0. The van der Waals surface area contributed by atoms with Gasteiger partial charge in [-0.2, -0.15) is 0 Å². The van der Waals surface area contributed by atoms with E-state index in [1.807, 2.05) is 6.92 Å². The summed E-state index contributed by atoms with van der Waals surface area (Å²) in [6.07, 6.45) is 4.86. The van der Waals surface area contributed by atoms with Crippen molar-refractivity contribution in [2.24, 2.45) is 5.41 Å². The average molecular weight is 239 g/mol. The zero-order valence-corrected chi connectivity index (χ0v) is 11.3. The molecule has 1 aliphatic carbocycles. The van der Waals surface area contributed by atoms with Crippen molar-refractivity contribution in [1.82, 2.24) is 5.32 Å². The smallest absolute Gasteiger partial charge is 0.334 e. The molecule has 3 nitrogen and oxygen atoms in total. The normalized spacial score (nSPS) is 19.9. The van der Waals surface area contributed by atoms with Gasteiger partial charge < -0.3 is 10.1 Å². The Bertz CT molecular complexity index is 274. The van der Waals surface area contributed by atoms with Gasteiger partial charge in [0.15, 0.2) is 0 Å². The Kier molecular flexibility index (Phi) is 5.19. The first-order valence-corrected chi connectivity index (χ1v) is 6.53. The fraction of sp³-hybridized carbons (Fsp3) is 0.786. The molecule has 0 saturated heterocycles. The number of hydrogen-bond donors (Lipinski definition) is 1. The summed E-state index contributed by atoms with van der Waals surface area (Å²) in [7, 11) is 0. The van der Waals surface area contributed by atoms with Gasteiger partial charge in [0.25, 0.3) is 0 Å². The summed E-state index contributed by atoms with van der Waals surface area (Å²) < 4.78 is 4.90. The van der Waals surface area contributed by atoms with Crippen LogP contribution in [0.25, 0.3) is 0 Å². The van der Waals surface area contributed by atoms with Gasteiger partial charge >= 0.3 is 5.97 Å². The summed E-state index contributed by atoms with van der Waals surface area (Å²) in [4.78, 5) is 11.4. The minimum Gasteiger partial charge on any atom is -0.463 e. The second-order valence-corrected chi connectivity index (χ2v) is 5.64.